The molecule has 0 aliphatic rings. The molecule has 0 aliphatic heterocycles. The van der Waals surface area contributed by atoms with Crippen molar-refractivity contribution in [3.63, 3.8) is 0 Å². The molecule has 2 aromatic rings. The van der Waals surface area contributed by atoms with Gasteiger partial charge < -0.3 is 132 Å². The van der Waals surface area contributed by atoms with Gasteiger partial charge in [0.05, 0.1) is 6.04 Å². The Bertz CT molecular complexity index is 3580. The number of primary amides is 1. The fourth-order valence-electron chi connectivity index (χ4n) is 11.4. The standard InChI is InChI=1S/C71H127N29O12/c1-12-39(10)54(100-62(108)49(32-35(2)3)96-60(106)47(25-18-30-87-70(80)81)94-63(109)51(72)36(4)5)66(112)99-52(37(6)7)64(110)90-40(11)56(102)98-53(38(8)9)65(111)95-48(26-19-31-88-71(82)83)58(104)92-46(24-17-29-86-69(78)79)59(105)97-50(33-41-34-89-43-21-14-13-20-42(41)43)61(107)93-45(23-16-28-85-68(76)77)57(103)91-44(55(73)101)22-15-27-84-67(74)75/h13-14,20-21,34-40,44-54,89H,12,15-19,22-33,72H2,1-11H3,(H2,73,101)(H,90,110)(H,91,103)(H,92,104)(H,93,107)(H,94,109)(H,95,111)(H,96,106)(H,97,105)(H,98,102)(H,99,112)(H,100,108)(H4,74,75,84)(H4,76,77,85)(H4,78,79,86)(H4,80,81,87)(H4,82,83,88)/t39-,40-,44-,45-,46-,47-,48-,49-,50-,51-,52-,53-,54-/m0/s1. The average Bonchev–Trinajstić information content (AvgIpc) is 1.63. The van der Waals surface area contributed by atoms with E-state index in [0.717, 1.165) is 0 Å². The average molecular weight is 1580 g/mol. The van der Waals surface area contributed by atoms with Crippen LogP contribution in [0.2, 0.25) is 0 Å². The number of H-pyrrole nitrogens is 1. The topological polar surface area (TPSA) is 727 Å². The zero-order chi connectivity index (χ0) is 84.6. The summed E-state index contributed by atoms with van der Waals surface area (Å²) in [6.45, 7) is 18.7. The van der Waals surface area contributed by atoms with Crippen molar-refractivity contribution in [3.8, 4) is 0 Å². The van der Waals surface area contributed by atoms with Crippen molar-refractivity contribution >= 4 is 112 Å². The Labute approximate surface area is 654 Å². The fraction of sp³-hybridized carbons (Fsp3) is 0.648. The molecule has 0 bridgehead atoms. The van der Waals surface area contributed by atoms with Crippen molar-refractivity contribution in [2.75, 3.05) is 32.7 Å². The number of nitrogens with two attached hydrogens (primary N) is 12. The van der Waals surface area contributed by atoms with Crippen molar-refractivity contribution in [3.05, 3.63) is 36.0 Å². The van der Waals surface area contributed by atoms with Gasteiger partial charge in [0, 0.05) is 56.2 Å². The van der Waals surface area contributed by atoms with Gasteiger partial charge in [-0.3, -0.25) is 82.5 Å². The maximum Gasteiger partial charge on any atom is 0.243 e. The van der Waals surface area contributed by atoms with Gasteiger partial charge in [-0.25, -0.2) is 0 Å². The predicted molar refractivity (Wildman–Crippen MR) is 429 cm³/mol. The first-order chi connectivity index (χ1) is 52.6. The molecule has 41 heteroatoms. The summed E-state index contributed by atoms with van der Waals surface area (Å²) in [6.07, 6.45) is 2.34. The molecule has 1 aromatic carbocycles. The predicted octanol–water partition coefficient (Wildman–Crippen LogP) is -5.80. The Morgan fingerprint density at radius 1 is 0.366 bits per heavy atom. The molecule has 0 saturated heterocycles. The fourth-order valence-corrected chi connectivity index (χ4v) is 11.4. The highest BCUT2D eigenvalue weighted by Gasteiger charge is 2.39. The van der Waals surface area contributed by atoms with E-state index in [4.69, 9.17) is 68.8 Å². The first-order valence-electron chi connectivity index (χ1n) is 37.8. The van der Waals surface area contributed by atoms with Crippen LogP contribution in [0.5, 0.6) is 0 Å². The lowest BCUT2D eigenvalue weighted by Gasteiger charge is -2.31. The van der Waals surface area contributed by atoms with Crippen molar-refractivity contribution in [1.29, 1.82) is 0 Å². The lowest BCUT2D eigenvalue weighted by Crippen LogP contribution is -2.62. The van der Waals surface area contributed by atoms with E-state index in [1.807, 2.05) is 13.8 Å². The molecule has 0 radical (unpaired) electrons. The van der Waals surface area contributed by atoms with Crippen LogP contribution in [0.15, 0.2) is 55.4 Å². The van der Waals surface area contributed by atoms with E-state index in [0.29, 0.717) is 22.9 Å². The molecule has 13 atom stereocenters. The lowest BCUT2D eigenvalue weighted by atomic mass is 9.95. The van der Waals surface area contributed by atoms with Crippen LogP contribution in [-0.4, -0.2) is 211 Å². The number of rotatable bonds is 52. The number of carbonyl (C=O) groups is 12. The first kappa shape index (κ1) is 96.8. The van der Waals surface area contributed by atoms with Crippen molar-refractivity contribution in [2.24, 2.45) is 123 Å². The van der Waals surface area contributed by atoms with E-state index in [9.17, 15) is 57.5 Å². The monoisotopic (exact) mass is 1580 g/mol. The van der Waals surface area contributed by atoms with Crippen LogP contribution in [0.25, 0.3) is 10.9 Å². The summed E-state index contributed by atoms with van der Waals surface area (Å²) in [7, 11) is 0. The molecule has 2 rings (SSSR count). The third kappa shape index (κ3) is 36.0. The van der Waals surface area contributed by atoms with E-state index in [1.54, 1.807) is 85.9 Å². The van der Waals surface area contributed by atoms with Gasteiger partial charge in [-0.2, -0.15) is 0 Å². The Morgan fingerprint density at radius 3 is 1.07 bits per heavy atom. The molecule has 0 saturated carbocycles. The molecule has 1 heterocycles. The van der Waals surface area contributed by atoms with Crippen LogP contribution in [0.1, 0.15) is 159 Å². The Kier molecular flexibility index (Phi) is 43.0. The van der Waals surface area contributed by atoms with Gasteiger partial charge in [0.1, 0.15) is 66.5 Å². The molecule has 0 spiro atoms. The van der Waals surface area contributed by atoms with Crippen LogP contribution in [0.3, 0.4) is 0 Å². The van der Waals surface area contributed by atoms with E-state index in [1.165, 1.54) is 6.92 Å². The highest BCUT2D eigenvalue weighted by Crippen LogP contribution is 2.21. The summed E-state index contributed by atoms with van der Waals surface area (Å²) >= 11 is 0. The zero-order valence-corrected chi connectivity index (χ0v) is 66.5. The number of guanidine groups is 5. The number of amides is 12. The minimum Gasteiger partial charge on any atom is -0.370 e. The second-order valence-electron chi connectivity index (χ2n) is 29.1. The summed E-state index contributed by atoms with van der Waals surface area (Å²) in [5.74, 6) is -13.2. The van der Waals surface area contributed by atoms with Gasteiger partial charge in [0.15, 0.2) is 29.8 Å². The highest BCUT2D eigenvalue weighted by molar-refractivity contribution is 6.00. The van der Waals surface area contributed by atoms with Gasteiger partial charge in [-0.05, 0) is 119 Å². The quantitative estimate of drug-likeness (QED) is 0.0167. The number of benzene rings is 1. The highest BCUT2D eigenvalue weighted by atomic mass is 16.2. The minimum absolute atomic E-state index is 0.0137. The van der Waals surface area contributed by atoms with Gasteiger partial charge in [0.25, 0.3) is 0 Å². The summed E-state index contributed by atoms with van der Waals surface area (Å²) in [5.41, 5.74) is 68.7. The Balaban J connectivity index is 2.57. The molecule has 12 amide bonds. The number of aromatic nitrogens is 1. The maximum absolute atomic E-state index is 15.0. The van der Waals surface area contributed by atoms with Crippen LogP contribution in [0.4, 0.5) is 0 Å². The molecule has 0 fully saturated rings. The molecular formula is C71H127N29O12. The summed E-state index contributed by atoms with van der Waals surface area (Å²) in [6, 6.07) is -8.65. The molecule has 0 unspecified atom stereocenters. The Morgan fingerprint density at radius 2 is 0.688 bits per heavy atom. The van der Waals surface area contributed by atoms with Crippen molar-refractivity contribution in [1.82, 2.24) is 63.5 Å². The van der Waals surface area contributed by atoms with Gasteiger partial charge in [0.2, 0.25) is 70.9 Å². The summed E-state index contributed by atoms with van der Waals surface area (Å²) < 4.78 is 0. The van der Waals surface area contributed by atoms with Crippen LogP contribution in [0, 0.1) is 29.6 Å². The number of hydrogen-bond donors (Lipinski definition) is 24. The number of nitrogens with one attached hydrogen (secondary N) is 12. The van der Waals surface area contributed by atoms with E-state index in [-0.39, 0.29) is 151 Å². The number of para-hydroxylation sites is 1. The van der Waals surface area contributed by atoms with Crippen molar-refractivity contribution in [2.45, 2.75) is 232 Å². The molecule has 628 valence electrons. The second kappa shape index (κ2) is 49.8. The smallest absolute Gasteiger partial charge is 0.243 e. The molecule has 1 aromatic heterocycles. The van der Waals surface area contributed by atoms with Gasteiger partial charge >= 0.3 is 0 Å². The number of aromatic amines is 1. The lowest BCUT2D eigenvalue weighted by molar-refractivity contribution is -0.137. The van der Waals surface area contributed by atoms with E-state index >= 15 is 0 Å². The second-order valence-corrected chi connectivity index (χ2v) is 29.1. The number of carbonyl (C=O) groups excluding carboxylic acids is 12. The Hall–Kier alpha value is -11.3. The SMILES string of the molecule is CC[C@H](C)[C@H](NC(=O)[C@H](CC(C)C)NC(=O)[C@H](CCCN=C(N)N)NC(=O)[C@@H](N)C(C)C)C(=O)N[C@H](C(=O)N[C@@H](C)C(=O)N[C@H](C(=O)N[C@@H](CCCN=C(N)N)C(=O)N[C@@H](CCCN=C(N)N)C(=O)N[C@@H](Cc1c[nH]c2ccccc12)C(=O)N[C@@H](CCCN=C(N)N)C(=O)N[C@@H](CCCN=C(N)N)C(N)=O)C(C)C)C(C)C. The van der Waals surface area contributed by atoms with E-state index in [2.05, 4.69) is 88.4 Å². The van der Waals surface area contributed by atoms with Crippen LogP contribution < -0.4 is 127 Å². The van der Waals surface area contributed by atoms with E-state index < -0.39 is 161 Å². The van der Waals surface area contributed by atoms with Crippen molar-refractivity contribution < 1.29 is 57.5 Å². The zero-order valence-electron chi connectivity index (χ0n) is 66.5. The number of aliphatic imine (C=N–C) groups is 5. The summed E-state index contributed by atoms with van der Waals surface area (Å²) in [4.78, 5) is 194. The van der Waals surface area contributed by atoms with Crippen LogP contribution >= 0.6 is 0 Å². The number of fused-ring (bicyclic) bond motifs is 1. The first-order valence-corrected chi connectivity index (χ1v) is 37.8. The molecule has 36 N–H and O–H groups in total. The largest absolute Gasteiger partial charge is 0.370 e. The van der Waals surface area contributed by atoms with Gasteiger partial charge in [-0.15, -0.1) is 0 Å². The molecule has 41 nitrogen and oxygen atoms in total. The van der Waals surface area contributed by atoms with Gasteiger partial charge in [-0.1, -0.05) is 93.9 Å². The van der Waals surface area contributed by atoms with Crippen LogP contribution in [-0.2, 0) is 64.0 Å². The third-order valence-electron chi connectivity index (χ3n) is 18.1. The molecular weight excluding hydrogens is 1450 g/mol. The summed E-state index contributed by atoms with van der Waals surface area (Å²) in [5, 5.41) is 30.4. The maximum atomic E-state index is 15.0. The molecule has 112 heavy (non-hydrogen) atoms. The third-order valence-corrected chi connectivity index (χ3v) is 18.1. The normalized spacial score (nSPS) is 14.7. The number of hydrogen-bond acceptors (Lipinski definition) is 18. The molecule has 0 aliphatic carbocycles. The minimum atomic E-state index is -1.51. The number of nitrogens with zero attached hydrogens (tertiary/aromatic N) is 5.